The van der Waals surface area contributed by atoms with E-state index in [1.165, 1.54) is 45.2 Å². The zero-order valence-electron chi connectivity index (χ0n) is 10.5. The highest BCUT2D eigenvalue weighted by atomic mass is 16.3. The van der Waals surface area contributed by atoms with Crippen molar-refractivity contribution >= 4 is 0 Å². The fraction of sp³-hybridized carbons (Fsp3) is 1.00. The molecule has 3 heteroatoms. The van der Waals surface area contributed by atoms with Gasteiger partial charge in [-0.15, -0.1) is 0 Å². The Balaban J connectivity index is 1.57. The fourth-order valence-electron chi connectivity index (χ4n) is 2.68. The molecule has 2 atom stereocenters. The Morgan fingerprint density at radius 2 is 2.19 bits per heavy atom. The number of β-amino-alcohol motifs (C(OH)–C–C–N with tert-alkyl or cyclic N) is 1. The summed E-state index contributed by atoms with van der Waals surface area (Å²) in [6.45, 7) is 6.29. The van der Waals surface area contributed by atoms with E-state index in [0.717, 1.165) is 19.0 Å². The summed E-state index contributed by atoms with van der Waals surface area (Å²) >= 11 is 0. The lowest BCUT2D eigenvalue weighted by Gasteiger charge is -2.20. The van der Waals surface area contributed by atoms with Crippen LogP contribution in [-0.2, 0) is 0 Å². The van der Waals surface area contributed by atoms with Crippen molar-refractivity contribution in [1.29, 1.82) is 0 Å². The molecule has 2 rings (SSSR count). The number of aliphatic hydroxyl groups excluding tert-OH is 1. The molecule has 0 aromatic carbocycles. The Labute approximate surface area is 99.2 Å². The maximum atomic E-state index is 9.90. The maximum absolute atomic E-state index is 9.90. The van der Waals surface area contributed by atoms with Crippen LogP contribution < -0.4 is 5.32 Å². The van der Waals surface area contributed by atoms with Crippen molar-refractivity contribution in [1.82, 2.24) is 10.2 Å². The number of likely N-dealkylation sites (tertiary alicyclic amines) is 1. The topological polar surface area (TPSA) is 35.5 Å². The van der Waals surface area contributed by atoms with E-state index in [4.69, 9.17) is 0 Å². The number of rotatable bonds is 7. The van der Waals surface area contributed by atoms with Crippen molar-refractivity contribution in [3.8, 4) is 0 Å². The molecule has 2 N–H and O–H groups in total. The van der Waals surface area contributed by atoms with Crippen LogP contribution in [0.25, 0.3) is 0 Å². The van der Waals surface area contributed by atoms with E-state index >= 15 is 0 Å². The molecule has 0 aromatic heterocycles. The van der Waals surface area contributed by atoms with Gasteiger partial charge >= 0.3 is 0 Å². The molecule has 0 bridgehead atoms. The van der Waals surface area contributed by atoms with E-state index in [-0.39, 0.29) is 6.10 Å². The number of hydrogen-bond acceptors (Lipinski definition) is 3. The molecular formula is C13H26N2O. The van der Waals surface area contributed by atoms with Gasteiger partial charge in [0.2, 0.25) is 0 Å². The Kier molecular flexibility index (Phi) is 4.62. The average Bonchev–Trinajstić information content (AvgIpc) is 2.99. The van der Waals surface area contributed by atoms with Gasteiger partial charge in [0.05, 0.1) is 6.10 Å². The molecule has 3 nitrogen and oxygen atoms in total. The third-order valence-corrected chi connectivity index (χ3v) is 3.76. The van der Waals surface area contributed by atoms with Gasteiger partial charge in [0, 0.05) is 25.7 Å². The lowest BCUT2D eigenvalue weighted by Crippen LogP contribution is -2.38. The highest BCUT2D eigenvalue weighted by Crippen LogP contribution is 2.21. The smallest absolute Gasteiger partial charge is 0.0791 e. The molecule has 16 heavy (non-hydrogen) atoms. The van der Waals surface area contributed by atoms with Gasteiger partial charge in [0.25, 0.3) is 0 Å². The molecule has 2 unspecified atom stereocenters. The summed E-state index contributed by atoms with van der Waals surface area (Å²) in [5.41, 5.74) is 0. The van der Waals surface area contributed by atoms with Crippen molar-refractivity contribution in [2.45, 2.75) is 51.2 Å². The summed E-state index contributed by atoms with van der Waals surface area (Å²) in [6.07, 6.45) is 6.40. The van der Waals surface area contributed by atoms with E-state index in [9.17, 15) is 5.11 Å². The molecule has 2 aliphatic rings. The van der Waals surface area contributed by atoms with Crippen LogP contribution in [-0.4, -0.2) is 48.3 Å². The van der Waals surface area contributed by atoms with Gasteiger partial charge in [-0.05, 0) is 38.1 Å². The van der Waals surface area contributed by atoms with Gasteiger partial charge in [-0.25, -0.2) is 0 Å². The van der Waals surface area contributed by atoms with Crippen molar-refractivity contribution < 1.29 is 5.11 Å². The van der Waals surface area contributed by atoms with Gasteiger partial charge in [-0.1, -0.05) is 13.3 Å². The molecule has 0 aromatic rings. The van der Waals surface area contributed by atoms with E-state index < -0.39 is 0 Å². The molecule has 1 aliphatic heterocycles. The third kappa shape index (κ3) is 4.04. The Hall–Kier alpha value is -0.120. The first-order valence-corrected chi connectivity index (χ1v) is 6.91. The second kappa shape index (κ2) is 5.99. The molecular weight excluding hydrogens is 200 g/mol. The predicted octanol–water partition coefficient (Wildman–Crippen LogP) is 1.22. The second-order valence-corrected chi connectivity index (χ2v) is 5.54. The van der Waals surface area contributed by atoms with Crippen LogP contribution in [0.4, 0.5) is 0 Å². The highest BCUT2D eigenvalue weighted by molar-refractivity contribution is 4.83. The largest absolute Gasteiger partial charge is 0.390 e. The normalized spacial score (nSPS) is 28.5. The first-order valence-electron chi connectivity index (χ1n) is 6.91. The van der Waals surface area contributed by atoms with Crippen LogP contribution in [0.3, 0.4) is 0 Å². The summed E-state index contributed by atoms with van der Waals surface area (Å²) in [5, 5.41) is 13.3. The summed E-state index contributed by atoms with van der Waals surface area (Å²) in [4.78, 5) is 2.43. The van der Waals surface area contributed by atoms with Gasteiger partial charge in [-0.3, -0.25) is 0 Å². The van der Waals surface area contributed by atoms with Crippen molar-refractivity contribution in [3.63, 3.8) is 0 Å². The Morgan fingerprint density at radius 3 is 2.88 bits per heavy atom. The summed E-state index contributed by atoms with van der Waals surface area (Å²) < 4.78 is 0. The minimum absolute atomic E-state index is 0.180. The van der Waals surface area contributed by atoms with Crippen LogP contribution in [0.2, 0.25) is 0 Å². The number of nitrogens with zero attached hydrogens (tertiary/aromatic N) is 1. The minimum Gasteiger partial charge on any atom is -0.390 e. The van der Waals surface area contributed by atoms with Crippen molar-refractivity contribution in [3.05, 3.63) is 0 Å². The van der Waals surface area contributed by atoms with Gasteiger partial charge < -0.3 is 15.3 Å². The Bertz CT molecular complexity index is 206. The van der Waals surface area contributed by atoms with E-state index in [0.29, 0.717) is 6.04 Å². The number of aliphatic hydroxyl groups is 1. The zero-order chi connectivity index (χ0) is 11.4. The average molecular weight is 226 g/mol. The van der Waals surface area contributed by atoms with Crippen molar-refractivity contribution in [2.24, 2.45) is 5.92 Å². The van der Waals surface area contributed by atoms with E-state index in [1.807, 2.05) is 0 Å². The van der Waals surface area contributed by atoms with Gasteiger partial charge in [0.15, 0.2) is 0 Å². The zero-order valence-corrected chi connectivity index (χ0v) is 10.5. The van der Waals surface area contributed by atoms with E-state index in [2.05, 4.69) is 17.1 Å². The minimum atomic E-state index is -0.180. The summed E-state index contributed by atoms with van der Waals surface area (Å²) in [7, 11) is 0. The second-order valence-electron chi connectivity index (χ2n) is 5.54. The number of nitrogens with one attached hydrogen (secondary N) is 1. The molecule has 1 aliphatic carbocycles. The SMILES string of the molecule is CCCC1CCN(CC(O)CNC2CC2)C1. The van der Waals surface area contributed by atoms with Crippen LogP contribution in [0, 0.1) is 5.92 Å². The molecule has 2 fully saturated rings. The molecule has 1 heterocycles. The summed E-state index contributed by atoms with van der Waals surface area (Å²) in [5.74, 6) is 0.883. The quantitative estimate of drug-likeness (QED) is 0.685. The Morgan fingerprint density at radius 1 is 1.38 bits per heavy atom. The van der Waals surface area contributed by atoms with Gasteiger partial charge in [0.1, 0.15) is 0 Å². The number of hydrogen-bond donors (Lipinski definition) is 2. The molecule has 1 saturated carbocycles. The van der Waals surface area contributed by atoms with Crippen LogP contribution in [0.15, 0.2) is 0 Å². The molecule has 0 spiro atoms. The fourth-order valence-corrected chi connectivity index (χ4v) is 2.68. The van der Waals surface area contributed by atoms with Crippen LogP contribution >= 0.6 is 0 Å². The first kappa shape index (κ1) is 12.3. The predicted molar refractivity (Wildman–Crippen MR) is 66.5 cm³/mol. The van der Waals surface area contributed by atoms with Gasteiger partial charge in [-0.2, -0.15) is 0 Å². The first-order chi connectivity index (χ1) is 7.78. The lowest BCUT2D eigenvalue weighted by molar-refractivity contribution is 0.121. The lowest BCUT2D eigenvalue weighted by atomic mass is 10.0. The molecule has 1 saturated heterocycles. The van der Waals surface area contributed by atoms with Crippen molar-refractivity contribution in [2.75, 3.05) is 26.2 Å². The molecule has 94 valence electrons. The van der Waals surface area contributed by atoms with E-state index in [1.54, 1.807) is 0 Å². The molecule has 0 radical (unpaired) electrons. The highest BCUT2D eigenvalue weighted by Gasteiger charge is 2.25. The maximum Gasteiger partial charge on any atom is 0.0791 e. The standard InChI is InChI=1S/C13H26N2O/c1-2-3-11-6-7-15(9-11)10-13(16)8-14-12-4-5-12/h11-14,16H,2-10H2,1H3. The van der Waals surface area contributed by atoms with Crippen LogP contribution in [0.5, 0.6) is 0 Å². The summed E-state index contributed by atoms with van der Waals surface area (Å²) in [6, 6.07) is 0.709. The van der Waals surface area contributed by atoms with Crippen LogP contribution in [0.1, 0.15) is 39.0 Å². The monoisotopic (exact) mass is 226 g/mol. The third-order valence-electron chi connectivity index (χ3n) is 3.76. The molecule has 0 amide bonds.